The Kier molecular flexibility index (Phi) is 19.7. The molecule has 2 aromatic heterocycles. The highest BCUT2D eigenvalue weighted by Gasteiger charge is 2.26. The number of nitrogen functional groups attached to an aromatic ring is 1. The molecule has 1 aromatic carbocycles. The van der Waals surface area contributed by atoms with Gasteiger partial charge in [-0.3, -0.25) is 9.36 Å². The molecule has 0 radical (unpaired) electrons. The van der Waals surface area contributed by atoms with Crippen molar-refractivity contribution >= 4 is 30.4 Å². The molecule has 0 aliphatic rings. The van der Waals surface area contributed by atoms with Gasteiger partial charge in [-0.1, -0.05) is 98.0 Å². The van der Waals surface area contributed by atoms with Crippen LogP contribution in [-0.4, -0.2) is 51.0 Å². The Morgan fingerprint density at radius 3 is 2.10 bits per heavy atom. The SMILES string of the molecule is CC/C=C\C/C=C\C/C=C\C/C=C\C/C=C\C/C=C\CCC(=O)NCCNP(=O)(CO[C@H](C)Cn1cnc2c(N)ncnc21)Oc1ccccc1. The lowest BCUT2D eigenvalue weighted by molar-refractivity contribution is -0.120. The lowest BCUT2D eigenvalue weighted by Gasteiger charge is -2.23. The van der Waals surface area contributed by atoms with Gasteiger partial charge in [-0.25, -0.2) is 20.0 Å². The molecule has 1 amide bonds. The van der Waals surface area contributed by atoms with Crippen molar-refractivity contribution in [2.75, 3.05) is 25.2 Å². The zero-order valence-corrected chi connectivity index (χ0v) is 30.9. The first-order valence-corrected chi connectivity index (χ1v) is 19.5. The number of carbonyl (C=O) groups is 1. The van der Waals surface area contributed by atoms with Gasteiger partial charge in [-0.2, -0.15) is 0 Å². The third-order valence-electron chi connectivity index (χ3n) is 7.34. The maximum absolute atomic E-state index is 13.8. The first kappa shape index (κ1) is 40.9. The van der Waals surface area contributed by atoms with Gasteiger partial charge in [0.2, 0.25) is 5.91 Å². The highest BCUT2D eigenvalue weighted by atomic mass is 31.2. The second kappa shape index (κ2) is 24.6. The van der Waals surface area contributed by atoms with Crippen LogP contribution in [0.1, 0.15) is 65.2 Å². The molecule has 0 saturated heterocycles. The third kappa shape index (κ3) is 17.3. The van der Waals surface area contributed by atoms with Crippen molar-refractivity contribution in [2.45, 2.75) is 77.9 Å². The van der Waals surface area contributed by atoms with E-state index >= 15 is 0 Å². The van der Waals surface area contributed by atoms with E-state index in [0.29, 0.717) is 48.7 Å². The molecular weight excluding hydrogens is 661 g/mol. The molecule has 12 heteroatoms. The summed E-state index contributed by atoms with van der Waals surface area (Å²) in [6.07, 6.45) is 35.2. The normalized spacial score (nSPS) is 14.2. The molecule has 51 heavy (non-hydrogen) atoms. The van der Waals surface area contributed by atoms with E-state index in [1.165, 1.54) is 6.33 Å². The molecule has 0 bridgehead atoms. The number of benzene rings is 1. The van der Waals surface area contributed by atoms with Gasteiger partial charge in [0.25, 0.3) is 0 Å². The zero-order valence-electron chi connectivity index (χ0n) is 30.0. The molecule has 274 valence electrons. The molecule has 3 rings (SSSR count). The molecule has 2 atom stereocenters. The van der Waals surface area contributed by atoms with E-state index in [0.717, 1.165) is 38.5 Å². The molecular formula is C39H54N7O4P. The van der Waals surface area contributed by atoms with Crippen LogP contribution < -0.4 is 20.7 Å². The highest BCUT2D eigenvalue weighted by molar-refractivity contribution is 7.57. The zero-order chi connectivity index (χ0) is 36.4. The van der Waals surface area contributed by atoms with Crippen LogP contribution in [0.25, 0.3) is 11.2 Å². The average molecular weight is 716 g/mol. The molecule has 0 spiro atoms. The monoisotopic (exact) mass is 715 g/mol. The number of para-hydroxylation sites is 1. The number of ether oxygens (including phenoxy) is 1. The number of aromatic nitrogens is 4. The van der Waals surface area contributed by atoms with Crippen LogP contribution in [0.3, 0.4) is 0 Å². The van der Waals surface area contributed by atoms with E-state index in [1.54, 1.807) is 30.6 Å². The van der Waals surface area contributed by atoms with E-state index in [1.807, 2.05) is 23.6 Å². The largest absolute Gasteiger partial charge is 0.431 e. The van der Waals surface area contributed by atoms with Gasteiger partial charge in [-0.15, -0.1) is 0 Å². The Balaban J connectivity index is 1.30. The first-order valence-electron chi connectivity index (χ1n) is 17.7. The van der Waals surface area contributed by atoms with Gasteiger partial charge < -0.3 is 24.9 Å². The second-order valence-corrected chi connectivity index (χ2v) is 13.8. The smallest absolute Gasteiger partial charge is 0.341 e. The number of nitrogens with one attached hydrogen (secondary N) is 2. The molecule has 3 aromatic rings. The van der Waals surface area contributed by atoms with Crippen LogP contribution in [-0.2, 0) is 20.6 Å². The van der Waals surface area contributed by atoms with Crippen LogP contribution in [0.4, 0.5) is 5.82 Å². The molecule has 0 fully saturated rings. The van der Waals surface area contributed by atoms with Crippen LogP contribution in [0.15, 0.2) is 116 Å². The number of carbonyl (C=O) groups excluding carboxylic acids is 1. The fourth-order valence-electron chi connectivity index (χ4n) is 4.71. The van der Waals surface area contributed by atoms with Crippen molar-refractivity contribution in [3.05, 3.63) is 116 Å². The molecule has 11 nitrogen and oxygen atoms in total. The summed E-state index contributed by atoms with van der Waals surface area (Å²) in [6, 6.07) is 8.93. The number of nitrogens with zero attached hydrogens (tertiary/aromatic N) is 4. The second-order valence-electron chi connectivity index (χ2n) is 11.7. The van der Waals surface area contributed by atoms with Gasteiger partial charge in [0, 0.05) is 19.5 Å². The number of imidazole rings is 1. The van der Waals surface area contributed by atoms with Gasteiger partial charge in [0.05, 0.1) is 19.0 Å². The maximum Gasteiger partial charge on any atom is 0.341 e. The van der Waals surface area contributed by atoms with E-state index < -0.39 is 7.52 Å². The minimum atomic E-state index is -3.48. The van der Waals surface area contributed by atoms with Crippen LogP contribution >= 0.6 is 7.52 Å². The predicted molar refractivity (Wildman–Crippen MR) is 208 cm³/mol. The molecule has 0 aliphatic heterocycles. The van der Waals surface area contributed by atoms with Gasteiger partial charge in [-0.05, 0) is 64.0 Å². The Morgan fingerprint density at radius 1 is 0.863 bits per heavy atom. The van der Waals surface area contributed by atoms with E-state index in [-0.39, 0.29) is 24.9 Å². The number of fused-ring (bicyclic) bond motifs is 1. The molecule has 4 N–H and O–H groups in total. The Bertz CT molecular complexity index is 1660. The lowest BCUT2D eigenvalue weighted by atomic mass is 10.2. The first-order chi connectivity index (χ1) is 24.9. The van der Waals surface area contributed by atoms with E-state index in [9.17, 15) is 9.36 Å². The summed E-state index contributed by atoms with van der Waals surface area (Å²) < 4.78 is 27.5. The van der Waals surface area contributed by atoms with Crippen LogP contribution in [0.2, 0.25) is 0 Å². The Morgan fingerprint density at radius 2 is 1.47 bits per heavy atom. The quantitative estimate of drug-likeness (QED) is 0.0449. The van der Waals surface area contributed by atoms with Crippen LogP contribution in [0.5, 0.6) is 5.75 Å². The Labute approximate surface area is 303 Å². The van der Waals surface area contributed by atoms with E-state index in [4.69, 9.17) is 15.0 Å². The number of rotatable bonds is 25. The molecule has 2 heterocycles. The van der Waals surface area contributed by atoms with Crippen molar-refractivity contribution in [3.8, 4) is 5.75 Å². The number of allylic oxidation sites excluding steroid dienone is 12. The summed E-state index contributed by atoms with van der Waals surface area (Å²) in [7, 11) is -3.48. The van der Waals surface area contributed by atoms with Gasteiger partial charge >= 0.3 is 7.52 Å². The summed E-state index contributed by atoms with van der Waals surface area (Å²) in [5.74, 6) is 0.688. The van der Waals surface area contributed by atoms with Crippen molar-refractivity contribution in [1.82, 2.24) is 29.9 Å². The fraction of sp³-hybridized carbons (Fsp3) is 0.385. The average Bonchev–Trinajstić information content (AvgIpc) is 3.54. The summed E-state index contributed by atoms with van der Waals surface area (Å²) in [6.45, 7) is 4.96. The van der Waals surface area contributed by atoms with Crippen molar-refractivity contribution in [3.63, 3.8) is 0 Å². The number of hydrogen-bond acceptors (Lipinski definition) is 8. The molecule has 1 unspecified atom stereocenters. The minimum absolute atomic E-state index is 0.0722. The maximum atomic E-state index is 13.8. The summed E-state index contributed by atoms with van der Waals surface area (Å²) in [4.78, 5) is 24.9. The summed E-state index contributed by atoms with van der Waals surface area (Å²) in [5, 5.41) is 5.86. The van der Waals surface area contributed by atoms with Crippen molar-refractivity contribution in [1.29, 1.82) is 0 Å². The summed E-state index contributed by atoms with van der Waals surface area (Å²) in [5.41, 5.74) is 7.01. The van der Waals surface area contributed by atoms with Crippen LogP contribution in [0, 0.1) is 0 Å². The van der Waals surface area contributed by atoms with Crippen molar-refractivity contribution in [2.24, 2.45) is 0 Å². The number of hydrogen-bond donors (Lipinski definition) is 3. The van der Waals surface area contributed by atoms with Gasteiger partial charge in [0.1, 0.15) is 23.9 Å². The van der Waals surface area contributed by atoms with Crippen molar-refractivity contribution < 1.29 is 18.6 Å². The molecule has 0 aliphatic carbocycles. The lowest BCUT2D eigenvalue weighted by Crippen LogP contribution is -2.32. The highest BCUT2D eigenvalue weighted by Crippen LogP contribution is 2.43. The topological polar surface area (TPSA) is 146 Å². The minimum Gasteiger partial charge on any atom is -0.431 e. The Hall–Kier alpha value is -4.57. The third-order valence-corrected chi connectivity index (χ3v) is 9.04. The fourth-order valence-corrected chi connectivity index (χ4v) is 6.29. The standard InChI is InChI=1S/C39H54N7O4P/c1-3-4-5-6-7-8-9-10-11-12-13-14-15-16-17-18-19-20-24-27-36(47)41-28-29-45-51(48,50-35-25-22-21-23-26-35)33-49-34(2)30-46-32-44-37-38(40)42-31-43-39(37)46/h4-5,7-8,10-11,13-14,16-17,19-23,25-26,31-32,34H,3,6,9,12,15,18,24,27-30,33H2,1-2H3,(H,41,47)(H,45,48)(H2,40,42,43)/b5-4-,8-7-,11-10-,14-13-,17-16-,20-19-/t34-,51?/m1/s1. The van der Waals surface area contributed by atoms with Gasteiger partial charge in [0.15, 0.2) is 11.5 Å². The van der Waals surface area contributed by atoms with E-state index in [2.05, 4.69) is 99.1 Å². The summed E-state index contributed by atoms with van der Waals surface area (Å²) >= 11 is 0. The number of anilines is 1. The predicted octanol–water partition coefficient (Wildman–Crippen LogP) is 8.23. The number of amides is 1. The molecule has 0 saturated carbocycles. The number of nitrogens with two attached hydrogens (primary N) is 1.